The molecule has 0 spiro atoms. The molecule has 4 rings (SSSR count). The fraction of sp³-hybridized carbons (Fsp3) is 0.364. The number of hydrogen-bond acceptors (Lipinski definition) is 4. The minimum atomic E-state index is -3.51. The van der Waals surface area contributed by atoms with E-state index >= 15 is 0 Å². The van der Waals surface area contributed by atoms with E-state index in [4.69, 9.17) is 11.6 Å². The highest BCUT2D eigenvalue weighted by atomic mass is 35.5. The molecule has 0 aliphatic carbocycles. The van der Waals surface area contributed by atoms with Crippen LogP contribution in [0.25, 0.3) is 0 Å². The number of halogens is 1. The van der Waals surface area contributed by atoms with Gasteiger partial charge in [-0.25, -0.2) is 8.42 Å². The van der Waals surface area contributed by atoms with Gasteiger partial charge >= 0.3 is 0 Å². The average Bonchev–Trinajstić information content (AvgIpc) is 3.16. The third kappa shape index (κ3) is 4.76. The molecule has 0 saturated carbocycles. The Hall–Kier alpha value is -2.42. The molecule has 1 N–H and O–H groups in total. The quantitative estimate of drug-likeness (QED) is 0.738. The minimum absolute atomic E-state index is 0.111. The number of hydrogen-bond donors (Lipinski definition) is 1. The van der Waals surface area contributed by atoms with Crippen LogP contribution in [-0.2, 0) is 19.6 Å². The Bertz CT molecular complexity index is 1080. The molecule has 31 heavy (non-hydrogen) atoms. The van der Waals surface area contributed by atoms with Crippen molar-refractivity contribution in [3.63, 3.8) is 0 Å². The molecule has 2 saturated heterocycles. The molecule has 0 bridgehead atoms. The lowest BCUT2D eigenvalue weighted by atomic mass is 10.1. The summed E-state index contributed by atoms with van der Waals surface area (Å²) in [5.41, 5.74) is 1.16. The Morgan fingerprint density at radius 1 is 1.03 bits per heavy atom. The second-order valence-corrected chi connectivity index (χ2v) is 10.2. The summed E-state index contributed by atoms with van der Waals surface area (Å²) < 4.78 is 27.0. The first-order chi connectivity index (χ1) is 14.8. The Balaban J connectivity index is 1.40. The number of rotatable bonds is 5. The molecule has 2 aliphatic rings. The summed E-state index contributed by atoms with van der Waals surface area (Å²) in [5, 5.41) is 3.32. The van der Waals surface area contributed by atoms with Gasteiger partial charge in [-0.05, 0) is 55.3 Å². The molecule has 2 fully saturated rings. The van der Waals surface area contributed by atoms with Crippen LogP contribution in [-0.4, -0.2) is 44.2 Å². The average molecular weight is 462 g/mol. The number of benzene rings is 2. The van der Waals surface area contributed by atoms with Crippen molar-refractivity contribution in [1.29, 1.82) is 0 Å². The van der Waals surface area contributed by atoms with E-state index in [9.17, 15) is 18.0 Å². The summed E-state index contributed by atoms with van der Waals surface area (Å²) in [6.07, 6.45) is 2.91. The molecule has 1 unspecified atom stereocenters. The highest BCUT2D eigenvalue weighted by molar-refractivity contribution is 7.89. The predicted molar refractivity (Wildman–Crippen MR) is 120 cm³/mol. The fourth-order valence-corrected chi connectivity index (χ4v) is 5.69. The summed E-state index contributed by atoms with van der Waals surface area (Å²) in [4.78, 5) is 26.9. The molecular formula is C22H24ClN3O4S. The Morgan fingerprint density at radius 3 is 2.42 bits per heavy atom. The summed E-state index contributed by atoms with van der Waals surface area (Å²) in [7, 11) is -3.51. The maximum atomic E-state index is 12.7. The number of nitrogens with one attached hydrogen (secondary N) is 1. The van der Waals surface area contributed by atoms with E-state index in [1.807, 2.05) is 0 Å². The van der Waals surface area contributed by atoms with Gasteiger partial charge in [-0.2, -0.15) is 4.31 Å². The lowest BCUT2D eigenvalue weighted by molar-refractivity contribution is -0.122. The zero-order valence-corrected chi connectivity index (χ0v) is 18.5. The molecule has 164 valence electrons. The van der Waals surface area contributed by atoms with Gasteiger partial charge in [0.15, 0.2) is 0 Å². The van der Waals surface area contributed by atoms with E-state index in [1.54, 1.807) is 41.3 Å². The van der Waals surface area contributed by atoms with Gasteiger partial charge in [-0.3, -0.25) is 9.59 Å². The van der Waals surface area contributed by atoms with Crippen molar-refractivity contribution in [2.45, 2.75) is 30.6 Å². The lowest BCUT2D eigenvalue weighted by Crippen LogP contribution is -2.35. The maximum Gasteiger partial charge on any atom is 0.243 e. The monoisotopic (exact) mass is 461 g/mol. The van der Waals surface area contributed by atoms with Crippen LogP contribution in [0.15, 0.2) is 53.4 Å². The van der Waals surface area contributed by atoms with Crippen LogP contribution in [0.4, 0.5) is 11.4 Å². The molecule has 9 heteroatoms. The number of carbonyl (C=O) groups excluding carboxylic acids is 2. The molecule has 2 aromatic carbocycles. The maximum absolute atomic E-state index is 12.7. The van der Waals surface area contributed by atoms with E-state index in [-0.39, 0.29) is 29.7 Å². The largest absolute Gasteiger partial charge is 0.326 e. The van der Waals surface area contributed by atoms with E-state index in [2.05, 4.69) is 5.32 Å². The molecule has 2 aromatic rings. The lowest BCUT2D eigenvalue weighted by Gasteiger charge is -2.25. The van der Waals surface area contributed by atoms with Crippen molar-refractivity contribution in [2.24, 2.45) is 5.92 Å². The van der Waals surface area contributed by atoms with Gasteiger partial charge in [0.05, 0.1) is 10.8 Å². The van der Waals surface area contributed by atoms with Gasteiger partial charge in [-0.15, -0.1) is 0 Å². The van der Waals surface area contributed by atoms with E-state index in [0.29, 0.717) is 29.5 Å². The van der Waals surface area contributed by atoms with Gasteiger partial charge in [0, 0.05) is 42.5 Å². The van der Waals surface area contributed by atoms with Crippen molar-refractivity contribution < 1.29 is 18.0 Å². The first-order valence-corrected chi connectivity index (χ1v) is 12.1. The SMILES string of the molecule is O=C(Nc1ccc(S(=O)(=O)N2CCCCC2)cc1)C1CC(=O)N(c2cccc(Cl)c2)C1. The van der Waals surface area contributed by atoms with Crippen molar-refractivity contribution in [1.82, 2.24) is 4.31 Å². The zero-order chi connectivity index (χ0) is 22.0. The van der Waals surface area contributed by atoms with Gasteiger partial charge in [0.25, 0.3) is 0 Å². The molecule has 7 nitrogen and oxygen atoms in total. The summed E-state index contributed by atoms with van der Waals surface area (Å²) in [5.74, 6) is -0.904. The fourth-order valence-electron chi connectivity index (χ4n) is 3.99. The predicted octanol–water partition coefficient (Wildman–Crippen LogP) is 3.51. The molecule has 0 aromatic heterocycles. The Labute approximate surface area is 187 Å². The smallest absolute Gasteiger partial charge is 0.243 e. The summed E-state index contributed by atoms with van der Waals surface area (Å²) in [6.45, 7) is 1.35. The number of anilines is 2. The van der Waals surface area contributed by atoms with Crippen molar-refractivity contribution in [3.05, 3.63) is 53.6 Å². The second kappa shape index (κ2) is 8.98. The van der Waals surface area contributed by atoms with E-state index in [1.165, 1.54) is 16.4 Å². The summed E-state index contributed by atoms with van der Waals surface area (Å²) >= 11 is 6.01. The molecule has 1 atom stereocenters. The van der Waals surface area contributed by atoms with Gasteiger partial charge in [0.2, 0.25) is 21.8 Å². The number of sulfonamides is 1. The first-order valence-electron chi connectivity index (χ1n) is 10.3. The van der Waals surface area contributed by atoms with Crippen LogP contribution >= 0.6 is 11.6 Å². The second-order valence-electron chi connectivity index (χ2n) is 7.86. The zero-order valence-electron chi connectivity index (χ0n) is 17.0. The molecule has 2 amide bonds. The molecule has 2 aliphatic heterocycles. The van der Waals surface area contributed by atoms with Crippen molar-refractivity contribution in [3.8, 4) is 0 Å². The number of nitrogens with zero attached hydrogens (tertiary/aromatic N) is 2. The number of piperidine rings is 1. The highest BCUT2D eigenvalue weighted by Gasteiger charge is 2.35. The van der Waals surface area contributed by atoms with Gasteiger partial charge in [0.1, 0.15) is 0 Å². The number of amides is 2. The first kappa shape index (κ1) is 21.8. The van der Waals surface area contributed by atoms with Crippen LogP contribution in [0.3, 0.4) is 0 Å². The third-order valence-corrected chi connectivity index (χ3v) is 7.84. The van der Waals surface area contributed by atoms with Crippen LogP contribution in [0.5, 0.6) is 0 Å². The minimum Gasteiger partial charge on any atom is -0.326 e. The third-order valence-electron chi connectivity index (χ3n) is 5.69. The van der Waals surface area contributed by atoms with Gasteiger partial charge in [-0.1, -0.05) is 24.1 Å². The van der Waals surface area contributed by atoms with Crippen molar-refractivity contribution in [2.75, 3.05) is 29.9 Å². The van der Waals surface area contributed by atoms with E-state index < -0.39 is 15.9 Å². The Morgan fingerprint density at radius 2 is 1.74 bits per heavy atom. The highest BCUT2D eigenvalue weighted by Crippen LogP contribution is 2.28. The van der Waals surface area contributed by atoms with E-state index in [0.717, 1.165) is 19.3 Å². The van der Waals surface area contributed by atoms with Crippen LogP contribution in [0.1, 0.15) is 25.7 Å². The number of carbonyl (C=O) groups is 2. The molecule has 2 heterocycles. The summed E-state index contributed by atoms with van der Waals surface area (Å²) in [6, 6.07) is 13.2. The van der Waals surface area contributed by atoms with Crippen LogP contribution < -0.4 is 10.2 Å². The van der Waals surface area contributed by atoms with Crippen LogP contribution in [0, 0.1) is 5.92 Å². The standard InChI is InChI=1S/C22H24ClN3O4S/c23-17-5-4-6-19(14-17)26-15-16(13-21(26)27)22(28)24-18-7-9-20(10-8-18)31(29,30)25-11-2-1-3-12-25/h4-10,14,16H,1-3,11-13,15H2,(H,24,28). The van der Waals surface area contributed by atoms with Gasteiger partial charge < -0.3 is 10.2 Å². The van der Waals surface area contributed by atoms with Crippen LogP contribution in [0.2, 0.25) is 5.02 Å². The topological polar surface area (TPSA) is 86.8 Å². The molecular weight excluding hydrogens is 438 g/mol. The van der Waals surface area contributed by atoms with Crippen molar-refractivity contribution >= 4 is 44.8 Å². The Kier molecular flexibility index (Phi) is 6.31. The normalized spacial score (nSPS) is 20.1. The molecule has 0 radical (unpaired) electrons.